The van der Waals surface area contributed by atoms with Gasteiger partial charge in [0.1, 0.15) is 0 Å². The number of aliphatic hydroxyl groups excluding tert-OH is 1. The summed E-state index contributed by atoms with van der Waals surface area (Å²) in [6.07, 6.45) is 2.38. The van der Waals surface area contributed by atoms with Crippen LogP contribution >= 0.6 is 0 Å². The third kappa shape index (κ3) is 7.10. The lowest BCUT2D eigenvalue weighted by Crippen LogP contribution is -2.49. The summed E-state index contributed by atoms with van der Waals surface area (Å²) in [5.41, 5.74) is -0.635. The van der Waals surface area contributed by atoms with E-state index in [1.807, 2.05) is 6.92 Å². The van der Waals surface area contributed by atoms with Crippen molar-refractivity contribution in [3.8, 4) is 0 Å². The number of nitrogens with one attached hydrogen (secondary N) is 2. The Morgan fingerprint density at radius 1 is 1.38 bits per heavy atom. The minimum atomic E-state index is -3.26. The third-order valence-corrected chi connectivity index (χ3v) is 4.11. The molecule has 7 nitrogen and oxygen atoms in total. The van der Waals surface area contributed by atoms with Crippen LogP contribution < -0.4 is 10.0 Å². The topological polar surface area (TPSA) is 94.0 Å². The molecule has 1 heterocycles. The van der Waals surface area contributed by atoms with E-state index >= 15 is 0 Å². The van der Waals surface area contributed by atoms with E-state index in [1.165, 1.54) is 0 Å². The maximum absolute atomic E-state index is 11.3. The van der Waals surface area contributed by atoms with Crippen LogP contribution in [0.15, 0.2) is 4.99 Å². The van der Waals surface area contributed by atoms with Gasteiger partial charge in [0.25, 0.3) is 0 Å². The van der Waals surface area contributed by atoms with E-state index in [1.54, 1.807) is 13.8 Å². The van der Waals surface area contributed by atoms with Gasteiger partial charge in [0, 0.05) is 25.2 Å². The summed E-state index contributed by atoms with van der Waals surface area (Å²) >= 11 is 0. The fraction of sp³-hybridized carbons (Fsp3) is 0.923. The van der Waals surface area contributed by atoms with E-state index in [4.69, 9.17) is 0 Å². The molecule has 1 aliphatic heterocycles. The van der Waals surface area contributed by atoms with Gasteiger partial charge in [-0.1, -0.05) is 0 Å². The molecule has 1 rings (SSSR count). The summed E-state index contributed by atoms with van der Waals surface area (Å²) in [7, 11) is -3.26. The van der Waals surface area contributed by atoms with Crippen LogP contribution in [-0.4, -0.2) is 68.5 Å². The van der Waals surface area contributed by atoms with E-state index in [-0.39, 0.29) is 6.10 Å². The molecule has 0 spiro atoms. The summed E-state index contributed by atoms with van der Waals surface area (Å²) in [4.78, 5) is 6.64. The Kier molecular flexibility index (Phi) is 6.42. The molecule has 124 valence electrons. The van der Waals surface area contributed by atoms with Crippen molar-refractivity contribution in [3.63, 3.8) is 0 Å². The van der Waals surface area contributed by atoms with Gasteiger partial charge in [-0.2, -0.15) is 0 Å². The van der Waals surface area contributed by atoms with Gasteiger partial charge in [0.15, 0.2) is 5.96 Å². The first-order chi connectivity index (χ1) is 9.63. The van der Waals surface area contributed by atoms with Crippen molar-refractivity contribution in [1.29, 1.82) is 0 Å². The van der Waals surface area contributed by atoms with E-state index in [9.17, 15) is 13.5 Å². The maximum atomic E-state index is 11.3. The van der Waals surface area contributed by atoms with Crippen molar-refractivity contribution in [2.45, 2.75) is 45.3 Å². The molecule has 0 atom stereocenters. The highest BCUT2D eigenvalue weighted by atomic mass is 32.2. The molecule has 0 aromatic carbocycles. The van der Waals surface area contributed by atoms with E-state index in [2.05, 4.69) is 19.9 Å². The van der Waals surface area contributed by atoms with Crippen molar-refractivity contribution in [3.05, 3.63) is 0 Å². The van der Waals surface area contributed by atoms with Crippen LogP contribution in [0.5, 0.6) is 0 Å². The van der Waals surface area contributed by atoms with Crippen LogP contribution in [0.25, 0.3) is 0 Å². The number of piperidine rings is 1. The van der Waals surface area contributed by atoms with Crippen LogP contribution in [0.1, 0.15) is 33.6 Å². The Morgan fingerprint density at radius 3 is 2.43 bits per heavy atom. The van der Waals surface area contributed by atoms with Gasteiger partial charge in [-0.05, 0) is 33.6 Å². The first-order valence-electron chi connectivity index (χ1n) is 7.33. The van der Waals surface area contributed by atoms with Crippen molar-refractivity contribution >= 4 is 16.0 Å². The highest BCUT2D eigenvalue weighted by Crippen LogP contribution is 2.11. The predicted octanol–water partition coefficient (Wildman–Crippen LogP) is -0.264. The van der Waals surface area contributed by atoms with Crippen LogP contribution in [-0.2, 0) is 10.0 Å². The number of guanidine groups is 1. The van der Waals surface area contributed by atoms with Gasteiger partial charge in [0.05, 0.1) is 18.9 Å². The fourth-order valence-corrected chi connectivity index (χ4v) is 3.38. The number of hydrogen-bond acceptors (Lipinski definition) is 4. The number of nitrogens with zero attached hydrogens (tertiary/aromatic N) is 2. The van der Waals surface area contributed by atoms with E-state index in [0.29, 0.717) is 6.54 Å². The number of hydrogen-bond donors (Lipinski definition) is 3. The largest absolute Gasteiger partial charge is 0.393 e. The predicted molar refractivity (Wildman–Crippen MR) is 84.9 cm³/mol. The molecule has 8 heteroatoms. The second-order valence-electron chi connectivity index (χ2n) is 6.15. The van der Waals surface area contributed by atoms with Crippen molar-refractivity contribution in [2.24, 2.45) is 4.99 Å². The molecule has 0 radical (unpaired) electrons. The Bertz CT molecular complexity index is 454. The molecule has 0 aromatic heterocycles. The molecule has 1 fully saturated rings. The molecule has 0 bridgehead atoms. The number of aliphatic imine (C=N–C) groups is 1. The number of aliphatic hydroxyl groups is 1. The normalized spacial score (nSPS) is 18.9. The van der Waals surface area contributed by atoms with Crippen molar-refractivity contribution < 1.29 is 13.5 Å². The number of rotatable bonds is 5. The van der Waals surface area contributed by atoms with Crippen LogP contribution in [0, 0.1) is 0 Å². The minimum Gasteiger partial charge on any atom is -0.393 e. The quantitative estimate of drug-likeness (QED) is 0.479. The first-order valence-corrected chi connectivity index (χ1v) is 9.22. The number of sulfonamides is 1. The second-order valence-corrected chi connectivity index (χ2v) is 7.89. The van der Waals surface area contributed by atoms with Gasteiger partial charge < -0.3 is 15.3 Å². The Balaban J connectivity index is 2.71. The first kappa shape index (κ1) is 18.2. The zero-order valence-electron chi connectivity index (χ0n) is 13.4. The molecule has 1 aliphatic rings. The Morgan fingerprint density at radius 2 is 1.95 bits per heavy atom. The lowest BCUT2D eigenvalue weighted by molar-refractivity contribution is 0.108. The maximum Gasteiger partial charge on any atom is 0.209 e. The highest BCUT2D eigenvalue weighted by molar-refractivity contribution is 7.88. The summed E-state index contributed by atoms with van der Waals surface area (Å²) in [5, 5.41) is 12.8. The molecule has 0 unspecified atom stereocenters. The Hall–Kier alpha value is -0.860. The molecule has 0 aromatic rings. The molecule has 21 heavy (non-hydrogen) atoms. The highest BCUT2D eigenvalue weighted by Gasteiger charge is 2.24. The van der Waals surface area contributed by atoms with Crippen molar-refractivity contribution in [2.75, 3.05) is 32.4 Å². The van der Waals surface area contributed by atoms with Gasteiger partial charge >= 0.3 is 0 Å². The summed E-state index contributed by atoms with van der Waals surface area (Å²) in [6, 6.07) is 0. The van der Waals surface area contributed by atoms with Gasteiger partial charge in [0.2, 0.25) is 10.0 Å². The van der Waals surface area contributed by atoms with Gasteiger partial charge in [-0.3, -0.25) is 4.99 Å². The summed E-state index contributed by atoms with van der Waals surface area (Å²) in [6.45, 7) is 8.22. The molecular weight excluding hydrogens is 292 g/mol. The van der Waals surface area contributed by atoms with Crippen LogP contribution in [0.3, 0.4) is 0 Å². The second kappa shape index (κ2) is 7.42. The standard InChI is InChI=1S/C13H28N4O3S/c1-5-14-12(17-8-6-11(18)7-9-17)15-10-13(2,3)16-21(4,19)20/h11,16,18H,5-10H2,1-4H3,(H,14,15). The smallest absolute Gasteiger partial charge is 0.209 e. The van der Waals surface area contributed by atoms with Gasteiger partial charge in [-0.15, -0.1) is 0 Å². The SMILES string of the molecule is CCNC(=NCC(C)(C)NS(C)(=O)=O)N1CCC(O)CC1. The van der Waals surface area contributed by atoms with E-state index in [0.717, 1.165) is 44.7 Å². The zero-order chi connectivity index (χ0) is 16.1. The third-order valence-electron chi connectivity index (χ3n) is 3.18. The van der Waals surface area contributed by atoms with Crippen LogP contribution in [0.2, 0.25) is 0 Å². The Labute approximate surface area is 127 Å². The number of likely N-dealkylation sites (tertiary alicyclic amines) is 1. The van der Waals surface area contributed by atoms with Gasteiger partial charge in [-0.25, -0.2) is 13.1 Å². The monoisotopic (exact) mass is 320 g/mol. The molecule has 3 N–H and O–H groups in total. The van der Waals surface area contributed by atoms with Crippen LogP contribution in [0.4, 0.5) is 0 Å². The van der Waals surface area contributed by atoms with E-state index < -0.39 is 15.6 Å². The molecule has 1 saturated heterocycles. The summed E-state index contributed by atoms with van der Waals surface area (Å²) in [5.74, 6) is 0.771. The average Bonchev–Trinajstić information content (AvgIpc) is 2.33. The summed E-state index contributed by atoms with van der Waals surface area (Å²) < 4.78 is 25.3. The fourth-order valence-electron chi connectivity index (χ4n) is 2.31. The lowest BCUT2D eigenvalue weighted by Gasteiger charge is -2.33. The minimum absolute atomic E-state index is 0.229. The molecule has 0 saturated carbocycles. The molecular formula is C13H28N4O3S. The lowest BCUT2D eigenvalue weighted by atomic mass is 10.1. The molecule has 0 amide bonds. The van der Waals surface area contributed by atoms with Crippen molar-refractivity contribution in [1.82, 2.24) is 14.9 Å². The zero-order valence-corrected chi connectivity index (χ0v) is 14.2. The average molecular weight is 320 g/mol. The molecule has 0 aliphatic carbocycles.